The number of benzene rings is 2. The fourth-order valence-corrected chi connectivity index (χ4v) is 2.98. The number of ether oxygens (including phenoxy) is 1. The van der Waals surface area contributed by atoms with Gasteiger partial charge in [0.1, 0.15) is 0 Å². The molecule has 1 aliphatic heterocycles. The zero-order valence-electron chi connectivity index (χ0n) is 13.9. The molecule has 124 valence electrons. The highest BCUT2D eigenvalue weighted by Crippen LogP contribution is 2.37. The molecule has 0 saturated carbocycles. The van der Waals surface area contributed by atoms with Gasteiger partial charge in [-0.15, -0.1) is 0 Å². The van der Waals surface area contributed by atoms with Crippen LogP contribution in [0.3, 0.4) is 0 Å². The quantitative estimate of drug-likeness (QED) is 0.579. The number of aromatic amines is 1. The van der Waals surface area contributed by atoms with E-state index in [1.54, 1.807) is 12.1 Å². The van der Waals surface area contributed by atoms with Crippen LogP contribution in [0.25, 0.3) is 22.6 Å². The third-order valence-electron chi connectivity index (χ3n) is 4.28. The molecule has 0 amide bonds. The number of esters is 1. The lowest BCUT2D eigenvalue weighted by Gasteiger charge is -2.11. The van der Waals surface area contributed by atoms with Crippen LogP contribution in [0.2, 0.25) is 0 Å². The normalized spacial score (nSPS) is 14.6. The molecule has 2 aromatic carbocycles. The lowest BCUT2D eigenvalue weighted by Crippen LogP contribution is -2.10. The molecule has 0 saturated heterocycles. The molecule has 2 heterocycles. The number of nitrogens with one attached hydrogen (secondary N) is 1. The number of anilines is 1. The van der Waals surface area contributed by atoms with E-state index in [-0.39, 0.29) is 11.1 Å². The minimum Gasteiger partial charge on any atom is -0.421 e. The summed E-state index contributed by atoms with van der Waals surface area (Å²) in [5.74, 6) is -0.172. The zero-order valence-corrected chi connectivity index (χ0v) is 13.9. The Balaban J connectivity index is 1.87. The minimum absolute atomic E-state index is 0.277. The summed E-state index contributed by atoms with van der Waals surface area (Å²) >= 11 is 0. The Bertz CT molecular complexity index is 1080. The van der Waals surface area contributed by atoms with Gasteiger partial charge in [-0.25, -0.2) is 4.79 Å². The summed E-state index contributed by atoms with van der Waals surface area (Å²) in [4.78, 5) is 29.6. The standard InChI is InChI=1S/C20H16N2O3/c1-22(2)13-9-7-12(8-10-13)11-15-17-18(25-20(15)24)14-5-3-4-6-16(14)21-19(17)23/h3-11H,1-2H3,(H,21,23)/b15-11+. The van der Waals surface area contributed by atoms with Crippen LogP contribution in [-0.2, 0) is 4.79 Å². The van der Waals surface area contributed by atoms with Crippen LogP contribution in [0.15, 0.2) is 53.3 Å². The number of hydrogen-bond acceptors (Lipinski definition) is 4. The molecule has 0 fully saturated rings. The number of carbonyl (C=O) groups excluding carboxylic acids is 1. The third kappa shape index (κ3) is 2.50. The molecule has 0 atom stereocenters. The number of H-pyrrole nitrogens is 1. The van der Waals surface area contributed by atoms with Gasteiger partial charge in [0, 0.05) is 25.2 Å². The maximum Gasteiger partial charge on any atom is 0.344 e. The van der Waals surface area contributed by atoms with Crippen molar-refractivity contribution in [1.82, 2.24) is 4.98 Å². The maximum atomic E-state index is 12.5. The van der Waals surface area contributed by atoms with E-state index in [0.717, 1.165) is 16.6 Å². The largest absolute Gasteiger partial charge is 0.421 e. The number of hydrogen-bond donors (Lipinski definition) is 1. The number of aromatic nitrogens is 1. The van der Waals surface area contributed by atoms with Gasteiger partial charge in [-0.1, -0.05) is 24.3 Å². The summed E-state index contributed by atoms with van der Waals surface area (Å²) in [5, 5.41) is 0.719. The smallest absolute Gasteiger partial charge is 0.344 e. The fraction of sp³-hybridized carbons (Fsp3) is 0.100. The molecule has 5 nitrogen and oxygen atoms in total. The number of nitrogens with zero attached hydrogens (tertiary/aromatic N) is 1. The molecule has 4 rings (SSSR count). The van der Waals surface area contributed by atoms with Crippen molar-refractivity contribution in [3.8, 4) is 5.75 Å². The maximum absolute atomic E-state index is 12.5. The molecular weight excluding hydrogens is 316 g/mol. The Kier molecular flexibility index (Phi) is 3.42. The van der Waals surface area contributed by atoms with Crippen molar-refractivity contribution in [2.24, 2.45) is 0 Å². The van der Waals surface area contributed by atoms with Crippen LogP contribution in [0.4, 0.5) is 5.69 Å². The molecule has 1 N–H and O–H groups in total. The fourth-order valence-electron chi connectivity index (χ4n) is 2.98. The van der Waals surface area contributed by atoms with Gasteiger partial charge in [-0.05, 0) is 35.9 Å². The Morgan fingerprint density at radius 1 is 1.00 bits per heavy atom. The van der Waals surface area contributed by atoms with E-state index in [0.29, 0.717) is 16.8 Å². The first-order valence-electron chi connectivity index (χ1n) is 7.91. The second-order valence-corrected chi connectivity index (χ2v) is 6.14. The number of fused-ring (bicyclic) bond motifs is 3. The molecule has 5 heteroatoms. The molecular formula is C20H16N2O3. The molecule has 3 aromatic rings. The van der Waals surface area contributed by atoms with Crippen molar-refractivity contribution in [3.05, 3.63) is 70.0 Å². The summed E-state index contributed by atoms with van der Waals surface area (Å²) in [7, 11) is 3.92. The first-order chi connectivity index (χ1) is 12.0. The Morgan fingerprint density at radius 2 is 1.72 bits per heavy atom. The Morgan fingerprint density at radius 3 is 2.44 bits per heavy atom. The molecule has 0 radical (unpaired) electrons. The van der Waals surface area contributed by atoms with Gasteiger partial charge in [0.2, 0.25) is 0 Å². The molecule has 1 aliphatic rings. The van der Waals surface area contributed by atoms with E-state index in [4.69, 9.17) is 4.74 Å². The van der Waals surface area contributed by atoms with E-state index < -0.39 is 5.97 Å². The van der Waals surface area contributed by atoms with Crippen molar-refractivity contribution in [3.63, 3.8) is 0 Å². The van der Waals surface area contributed by atoms with E-state index in [1.807, 2.05) is 61.5 Å². The van der Waals surface area contributed by atoms with E-state index in [2.05, 4.69) is 4.98 Å². The van der Waals surface area contributed by atoms with Crippen LogP contribution in [-0.4, -0.2) is 25.0 Å². The summed E-state index contributed by atoms with van der Waals surface area (Å²) in [6.07, 6.45) is 1.69. The van der Waals surface area contributed by atoms with E-state index in [1.165, 1.54) is 0 Å². The van der Waals surface area contributed by atoms with Crippen LogP contribution < -0.4 is 15.2 Å². The first kappa shape index (κ1) is 15.2. The zero-order chi connectivity index (χ0) is 17.6. The van der Waals surface area contributed by atoms with Gasteiger partial charge in [-0.3, -0.25) is 4.79 Å². The molecule has 0 bridgehead atoms. The second-order valence-electron chi connectivity index (χ2n) is 6.14. The van der Waals surface area contributed by atoms with E-state index in [9.17, 15) is 9.59 Å². The lowest BCUT2D eigenvalue weighted by molar-refractivity contribution is -0.126. The predicted octanol–water partition coefficient (Wildman–Crippen LogP) is 3.05. The molecule has 25 heavy (non-hydrogen) atoms. The number of rotatable bonds is 2. The van der Waals surface area contributed by atoms with Gasteiger partial charge >= 0.3 is 5.97 Å². The Hall–Kier alpha value is -3.34. The van der Waals surface area contributed by atoms with Crippen molar-refractivity contribution in [1.29, 1.82) is 0 Å². The average Bonchev–Trinajstić information content (AvgIpc) is 2.93. The number of para-hydroxylation sites is 1. The molecule has 0 unspecified atom stereocenters. The number of pyridine rings is 1. The molecule has 0 aliphatic carbocycles. The van der Waals surface area contributed by atoms with Crippen LogP contribution in [0.1, 0.15) is 11.1 Å². The minimum atomic E-state index is -0.506. The monoisotopic (exact) mass is 332 g/mol. The average molecular weight is 332 g/mol. The topological polar surface area (TPSA) is 62.4 Å². The van der Waals surface area contributed by atoms with E-state index >= 15 is 0 Å². The van der Waals surface area contributed by atoms with Crippen molar-refractivity contribution >= 4 is 34.2 Å². The Labute approximate surface area is 144 Å². The third-order valence-corrected chi connectivity index (χ3v) is 4.28. The highest BCUT2D eigenvalue weighted by atomic mass is 16.5. The summed E-state index contributed by atoms with van der Waals surface area (Å²) in [5.41, 5.74) is 2.78. The van der Waals surface area contributed by atoms with Crippen molar-refractivity contribution in [2.45, 2.75) is 0 Å². The SMILES string of the molecule is CN(C)c1ccc(/C=C2/C(=O)Oc3c2c(=O)[nH]c2ccccc32)cc1. The highest BCUT2D eigenvalue weighted by molar-refractivity contribution is 6.27. The first-order valence-corrected chi connectivity index (χ1v) is 7.91. The van der Waals surface area contributed by atoms with Gasteiger partial charge in [0.15, 0.2) is 5.75 Å². The van der Waals surface area contributed by atoms with Gasteiger partial charge in [0.05, 0.1) is 16.7 Å². The molecule has 0 spiro atoms. The second kappa shape index (κ2) is 5.63. The molecule has 1 aromatic heterocycles. The highest BCUT2D eigenvalue weighted by Gasteiger charge is 2.31. The van der Waals surface area contributed by atoms with Crippen LogP contribution >= 0.6 is 0 Å². The van der Waals surface area contributed by atoms with Gasteiger partial charge < -0.3 is 14.6 Å². The summed E-state index contributed by atoms with van der Waals surface area (Å²) in [6.45, 7) is 0. The summed E-state index contributed by atoms with van der Waals surface area (Å²) in [6, 6.07) is 15.0. The van der Waals surface area contributed by atoms with Crippen LogP contribution in [0.5, 0.6) is 5.75 Å². The summed E-state index contributed by atoms with van der Waals surface area (Å²) < 4.78 is 5.41. The predicted molar refractivity (Wildman–Crippen MR) is 98.8 cm³/mol. The van der Waals surface area contributed by atoms with Crippen molar-refractivity contribution < 1.29 is 9.53 Å². The van der Waals surface area contributed by atoms with Gasteiger partial charge in [-0.2, -0.15) is 0 Å². The van der Waals surface area contributed by atoms with Gasteiger partial charge in [0.25, 0.3) is 5.56 Å². The lowest BCUT2D eigenvalue weighted by atomic mass is 10.0. The number of carbonyl (C=O) groups is 1. The van der Waals surface area contributed by atoms with Crippen molar-refractivity contribution in [2.75, 3.05) is 19.0 Å². The van der Waals surface area contributed by atoms with Crippen LogP contribution in [0, 0.1) is 0 Å².